The number of hydrogen-bond donors (Lipinski definition) is 1. The van der Waals surface area contributed by atoms with Gasteiger partial charge < -0.3 is 5.11 Å². The number of ketones is 1. The molecule has 0 aromatic carbocycles. The van der Waals surface area contributed by atoms with Crippen LogP contribution in [0.15, 0.2) is 11.4 Å². The minimum Gasteiger partial charge on any atom is -0.475 e. The van der Waals surface area contributed by atoms with Gasteiger partial charge in [0.2, 0.25) is 0 Å². The molecule has 78 valence electrons. The van der Waals surface area contributed by atoms with Crippen molar-refractivity contribution in [3.63, 3.8) is 0 Å². The standard InChI is InChI=1S/C11H10O3S/c1-3-4-8(9(12)11(13)14)10-7(2)5-6-15-10/h5-6,8H,1-2H3,(H,13,14). The lowest BCUT2D eigenvalue weighted by atomic mass is 10.0. The van der Waals surface area contributed by atoms with E-state index in [4.69, 9.17) is 5.11 Å². The first-order chi connectivity index (χ1) is 7.07. The quantitative estimate of drug-likeness (QED) is 0.627. The molecular formula is C11H10O3S. The summed E-state index contributed by atoms with van der Waals surface area (Å²) >= 11 is 1.36. The van der Waals surface area contributed by atoms with E-state index in [2.05, 4.69) is 11.8 Å². The van der Waals surface area contributed by atoms with E-state index in [-0.39, 0.29) is 0 Å². The van der Waals surface area contributed by atoms with Crippen molar-refractivity contribution in [1.82, 2.24) is 0 Å². The first-order valence-corrected chi connectivity index (χ1v) is 5.19. The van der Waals surface area contributed by atoms with Crippen molar-refractivity contribution in [3.8, 4) is 11.8 Å². The van der Waals surface area contributed by atoms with Gasteiger partial charge >= 0.3 is 5.97 Å². The van der Waals surface area contributed by atoms with Crippen LogP contribution in [0, 0.1) is 18.8 Å². The lowest BCUT2D eigenvalue weighted by Crippen LogP contribution is -2.20. The van der Waals surface area contributed by atoms with Gasteiger partial charge in [-0.05, 0) is 30.9 Å². The SMILES string of the molecule is CC#CC(C(=O)C(=O)O)c1sccc1C. The molecule has 0 fully saturated rings. The summed E-state index contributed by atoms with van der Waals surface area (Å²) in [4.78, 5) is 22.7. The molecule has 0 aliphatic carbocycles. The minimum atomic E-state index is -1.43. The van der Waals surface area contributed by atoms with Gasteiger partial charge in [-0.25, -0.2) is 4.79 Å². The third-order valence-corrected chi connectivity index (χ3v) is 3.01. The van der Waals surface area contributed by atoms with Gasteiger partial charge in [0, 0.05) is 4.88 Å². The second-order valence-corrected chi connectivity index (χ2v) is 3.91. The van der Waals surface area contributed by atoms with Crippen molar-refractivity contribution in [2.75, 3.05) is 0 Å². The van der Waals surface area contributed by atoms with Crippen LogP contribution in [0.3, 0.4) is 0 Å². The van der Waals surface area contributed by atoms with Crippen molar-refractivity contribution in [2.24, 2.45) is 0 Å². The number of carboxylic acids is 1. The van der Waals surface area contributed by atoms with E-state index in [1.54, 1.807) is 6.92 Å². The number of rotatable bonds is 3. The Hall–Kier alpha value is -1.60. The molecule has 0 saturated carbocycles. The summed E-state index contributed by atoms with van der Waals surface area (Å²) in [7, 11) is 0. The van der Waals surface area contributed by atoms with Crippen LogP contribution in [0.25, 0.3) is 0 Å². The molecule has 0 saturated heterocycles. The summed E-state index contributed by atoms with van der Waals surface area (Å²) in [6.45, 7) is 3.43. The van der Waals surface area contributed by atoms with Crippen molar-refractivity contribution in [2.45, 2.75) is 19.8 Å². The topological polar surface area (TPSA) is 54.4 Å². The van der Waals surface area contributed by atoms with Gasteiger partial charge in [0.25, 0.3) is 5.78 Å². The molecule has 0 amide bonds. The summed E-state index contributed by atoms with van der Waals surface area (Å²) < 4.78 is 0. The molecule has 0 aliphatic heterocycles. The Balaban J connectivity index is 3.13. The van der Waals surface area contributed by atoms with E-state index in [9.17, 15) is 9.59 Å². The zero-order chi connectivity index (χ0) is 11.4. The third kappa shape index (κ3) is 2.45. The molecule has 1 atom stereocenters. The van der Waals surface area contributed by atoms with Crippen LogP contribution < -0.4 is 0 Å². The average Bonchev–Trinajstić information content (AvgIpc) is 2.59. The fraction of sp³-hybridized carbons (Fsp3) is 0.273. The predicted molar refractivity (Wildman–Crippen MR) is 57.9 cm³/mol. The van der Waals surface area contributed by atoms with Crippen molar-refractivity contribution >= 4 is 23.1 Å². The summed E-state index contributed by atoms with van der Waals surface area (Å²) in [5, 5.41) is 10.5. The number of Topliss-reactive ketones (excluding diaryl/α,β-unsaturated/α-hetero) is 1. The lowest BCUT2D eigenvalue weighted by Gasteiger charge is -2.05. The number of aliphatic carboxylic acids is 1. The molecular weight excluding hydrogens is 212 g/mol. The summed E-state index contributed by atoms with van der Waals surface area (Å²) in [6, 6.07) is 1.85. The highest BCUT2D eigenvalue weighted by molar-refractivity contribution is 7.10. The smallest absolute Gasteiger partial charge is 0.373 e. The molecule has 1 rings (SSSR count). The Kier molecular flexibility index (Phi) is 3.64. The average molecular weight is 222 g/mol. The van der Waals surface area contributed by atoms with E-state index in [0.29, 0.717) is 0 Å². The minimum absolute atomic E-state index is 0.719. The Morgan fingerprint density at radius 1 is 1.53 bits per heavy atom. The molecule has 1 unspecified atom stereocenters. The van der Waals surface area contributed by atoms with Crippen LogP contribution in [0.2, 0.25) is 0 Å². The first-order valence-electron chi connectivity index (χ1n) is 4.31. The number of carbonyl (C=O) groups is 2. The van der Waals surface area contributed by atoms with Gasteiger partial charge in [-0.15, -0.1) is 17.3 Å². The molecule has 3 nitrogen and oxygen atoms in total. The highest BCUT2D eigenvalue weighted by atomic mass is 32.1. The maximum absolute atomic E-state index is 11.4. The number of carbonyl (C=O) groups excluding carboxylic acids is 1. The molecule has 0 spiro atoms. The monoisotopic (exact) mass is 222 g/mol. The van der Waals surface area contributed by atoms with Gasteiger partial charge in [-0.3, -0.25) is 4.79 Å². The molecule has 1 aromatic heterocycles. The summed E-state index contributed by atoms with van der Waals surface area (Å²) in [6.07, 6.45) is 0. The van der Waals surface area contributed by atoms with E-state index in [0.717, 1.165) is 10.4 Å². The molecule has 0 aliphatic rings. The lowest BCUT2D eigenvalue weighted by molar-refractivity contribution is -0.149. The van der Waals surface area contributed by atoms with Gasteiger partial charge in [0.05, 0.1) is 0 Å². The van der Waals surface area contributed by atoms with Crippen molar-refractivity contribution in [1.29, 1.82) is 0 Å². The van der Waals surface area contributed by atoms with E-state index >= 15 is 0 Å². The Labute approximate surface area is 91.7 Å². The van der Waals surface area contributed by atoms with Gasteiger partial charge in [-0.2, -0.15) is 0 Å². The first kappa shape index (κ1) is 11.5. The maximum atomic E-state index is 11.4. The third-order valence-electron chi connectivity index (χ3n) is 1.93. The van der Waals surface area contributed by atoms with Crippen molar-refractivity contribution < 1.29 is 14.7 Å². The predicted octanol–water partition coefficient (Wildman–Crippen LogP) is 1.82. The number of aryl methyl sites for hydroxylation is 1. The zero-order valence-electron chi connectivity index (χ0n) is 8.40. The highest BCUT2D eigenvalue weighted by Crippen LogP contribution is 2.26. The fourth-order valence-corrected chi connectivity index (χ4v) is 2.17. The number of hydrogen-bond acceptors (Lipinski definition) is 3. The molecule has 15 heavy (non-hydrogen) atoms. The van der Waals surface area contributed by atoms with Gasteiger partial charge in [0.15, 0.2) is 0 Å². The molecule has 4 heteroatoms. The van der Waals surface area contributed by atoms with Crippen LogP contribution >= 0.6 is 11.3 Å². The van der Waals surface area contributed by atoms with Crippen LogP contribution in [-0.2, 0) is 9.59 Å². The summed E-state index contributed by atoms with van der Waals surface area (Å²) in [5.74, 6) is 2.10. The summed E-state index contributed by atoms with van der Waals surface area (Å²) in [5.41, 5.74) is 0.905. The molecule has 1 heterocycles. The fourth-order valence-electron chi connectivity index (χ4n) is 1.20. The van der Waals surface area contributed by atoms with E-state index in [1.807, 2.05) is 18.4 Å². The number of thiophene rings is 1. The number of carboxylic acid groups (broad SMARTS) is 1. The second kappa shape index (κ2) is 4.76. The largest absolute Gasteiger partial charge is 0.475 e. The molecule has 0 bridgehead atoms. The molecule has 1 aromatic rings. The van der Waals surface area contributed by atoms with E-state index < -0.39 is 17.7 Å². The molecule has 1 N–H and O–H groups in total. The van der Waals surface area contributed by atoms with Crippen LogP contribution in [-0.4, -0.2) is 16.9 Å². The second-order valence-electron chi connectivity index (χ2n) is 2.96. The highest BCUT2D eigenvalue weighted by Gasteiger charge is 2.26. The molecule has 0 radical (unpaired) electrons. The van der Waals surface area contributed by atoms with Gasteiger partial charge in [0.1, 0.15) is 5.92 Å². The van der Waals surface area contributed by atoms with Crippen LogP contribution in [0.5, 0.6) is 0 Å². The maximum Gasteiger partial charge on any atom is 0.373 e. The Morgan fingerprint density at radius 3 is 2.60 bits per heavy atom. The Bertz CT molecular complexity index is 448. The van der Waals surface area contributed by atoms with Crippen LogP contribution in [0.4, 0.5) is 0 Å². The zero-order valence-corrected chi connectivity index (χ0v) is 9.22. The van der Waals surface area contributed by atoms with Crippen LogP contribution in [0.1, 0.15) is 23.3 Å². The Morgan fingerprint density at radius 2 is 2.20 bits per heavy atom. The normalized spacial score (nSPS) is 11.3. The van der Waals surface area contributed by atoms with E-state index in [1.165, 1.54) is 11.3 Å². The van der Waals surface area contributed by atoms with Gasteiger partial charge in [-0.1, -0.05) is 5.92 Å². The van der Waals surface area contributed by atoms with Crippen molar-refractivity contribution in [3.05, 3.63) is 21.9 Å².